The van der Waals surface area contributed by atoms with E-state index in [0.717, 1.165) is 0 Å². The molecule has 98 valence electrons. The van der Waals surface area contributed by atoms with Crippen molar-refractivity contribution in [3.8, 4) is 0 Å². The lowest BCUT2D eigenvalue weighted by molar-refractivity contribution is 0.0992. The van der Waals surface area contributed by atoms with Crippen LogP contribution in [0.15, 0.2) is 36.5 Å². The molecule has 0 aliphatic carbocycles. The number of amides is 1. The van der Waals surface area contributed by atoms with Gasteiger partial charge in [0.15, 0.2) is 0 Å². The van der Waals surface area contributed by atoms with Crippen LogP contribution in [0.1, 0.15) is 16.1 Å². The summed E-state index contributed by atoms with van der Waals surface area (Å²) >= 11 is 0. The number of anilines is 2. The zero-order valence-corrected chi connectivity index (χ0v) is 10.8. The second kappa shape index (κ2) is 5.45. The maximum Gasteiger partial charge on any atom is 0.259 e. The van der Waals surface area contributed by atoms with Crippen molar-refractivity contribution in [2.45, 2.75) is 6.92 Å². The molecule has 0 atom stereocenters. The standard InChI is InChI=1S/C13H15N5O/c1-9-7-10(8-11(16-9)17-14)13(19)18(2)12-5-3-4-6-15-12/h3-8H,14H2,1-2H3,(H,16,17). The first-order valence-electron chi connectivity index (χ1n) is 5.76. The summed E-state index contributed by atoms with van der Waals surface area (Å²) in [7, 11) is 1.68. The van der Waals surface area contributed by atoms with Gasteiger partial charge in [-0.25, -0.2) is 15.8 Å². The van der Waals surface area contributed by atoms with E-state index in [1.807, 2.05) is 6.07 Å². The molecule has 0 unspecified atom stereocenters. The van der Waals surface area contributed by atoms with Crippen LogP contribution in [0.2, 0.25) is 0 Å². The van der Waals surface area contributed by atoms with Gasteiger partial charge in [-0.1, -0.05) is 6.07 Å². The number of aryl methyl sites for hydroxylation is 1. The van der Waals surface area contributed by atoms with E-state index < -0.39 is 0 Å². The molecular weight excluding hydrogens is 242 g/mol. The number of rotatable bonds is 3. The van der Waals surface area contributed by atoms with E-state index in [2.05, 4.69) is 15.4 Å². The van der Waals surface area contributed by atoms with Crippen LogP contribution in [0.4, 0.5) is 11.6 Å². The molecule has 6 heteroatoms. The Morgan fingerprint density at radius 3 is 2.79 bits per heavy atom. The second-order valence-electron chi connectivity index (χ2n) is 4.08. The highest BCUT2D eigenvalue weighted by Crippen LogP contribution is 2.15. The number of carbonyl (C=O) groups is 1. The Morgan fingerprint density at radius 1 is 1.37 bits per heavy atom. The summed E-state index contributed by atoms with van der Waals surface area (Å²) < 4.78 is 0. The molecule has 0 saturated heterocycles. The molecule has 0 aliphatic rings. The van der Waals surface area contributed by atoms with Crippen molar-refractivity contribution in [2.24, 2.45) is 5.84 Å². The first-order valence-corrected chi connectivity index (χ1v) is 5.76. The highest BCUT2D eigenvalue weighted by atomic mass is 16.2. The Hall–Kier alpha value is -2.47. The molecule has 0 aromatic carbocycles. The van der Waals surface area contributed by atoms with Crippen molar-refractivity contribution in [3.63, 3.8) is 0 Å². The van der Waals surface area contributed by atoms with E-state index in [4.69, 9.17) is 5.84 Å². The zero-order valence-electron chi connectivity index (χ0n) is 10.8. The van der Waals surface area contributed by atoms with Crippen LogP contribution in [-0.4, -0.2) is 22.9 Å². The molecule has 2 heterocycles. The van der Waals surface area contributed by atoms with Gasteiger partial charge in [0, 0.05) is 24.5 Å². The van der Waals surface area contributed by atoms with Gasteiger partial charge in [0.1, 0.15) is 11.6 Å². The number of pyridine rings is 2. The Balaban J connectivity index is 2.31. The minimum Gasteiger partial charge on any atom is -0.308 e. The Labute approximate surface area is 111 Å². The first kappa shape index (κ1) is 13.0. The van der Waals surface area contributed by atoms with Crippen molar-refractivity contribution in [3.05, 3.63) is 47.8 Å². The third-order valence-corrected chi connectivity index (χ3v) is 2.65. The first-order chi connectivity index (χ1) is 9.11. The second-order valence-corrected chi connectivity index (χ2v) is 4.08. The molecule has 0 radical (unpaired) electrons. The molecule has 0 spiro atoms. The quantitative estimate of drug-likeness (QED) is 0.640. The summed E-state index contributed by atoms with van der Waals surface area (Å²) in [6.07, 6.45) is 1.64. The highest BCUT2D eigenvalue weighted by molar-refractivity contribution is 6.05. The minimum absolute atomic E-state index is 0.166. The third-order valence-electron chi connectivity index (χ3n) is 2.65. The van der Waals surface area contributed by atoms with Gasteiger partial charge in [0.2, 0.25) is 0 Å². The smallest absolute Gasteiger partial charge is 0.259 e. The summed E-state index contributed by atoms with van der Waals surface area (Å²) in [6.45, 7) is 1.80. The fourth-order valence-corrected chi connectivity index (χ4v) is 1.72. The summed E-state index contributed by atoms with van der Waals surface area (Å²) in [4.78, 5) is 22.1. The third kappa shape index (κ3) is 2.86. The summed E-state index contributed by atoms with van der Waals surface area (Å²) in [5, 5.41) is 0. The van der Waals surface area contributed by atoms with E-state index in [1.165, 1.54) is 4.90 Å². The van der Waals surface area contributed by atoms with Crippen molar-refractivity contribution in [2.75, 3.05) is 17.4 Å². The number of carbonyl (C=O) groups excluding carboxylic acids is 1. The average Bonchev–Trinajstić information content (AvgIpc) is 2.46. The molecule has 3 N–H and O–H groups in total. The number of nitrogens with two attached hydrogens (primary N) is 1. The Bertz CT molecular complexity index is 585. The van der Waals surface area contributed by atoms with E-state index in [-0.39, 0.29) is 5.91 Å². The minimum atomic E-state index is -0.166. The lowest BCUT2D eigenvalue weighted by atomic mass is 10.2. The summed E-state index contributed by atoms with van der Waals surface area (Å²) in [5.41, 5.74) is 3.67. The monoisotopic (exact) mass is 257 g/mol. The average molecular weight is 257 g/mol. The van der Waals surface area contributed by atoms with Crippen LogP contribution in [0.3, 0.4) is 0 Å². The number of hydrogen-bond donors (Lipinski definition) is 2. The fraction of sp³-hybridized carbons (Fsp3) is 0.154. The van der Waals surface area contributed by atoms with Crippen LogP contribution in [0.5, 0.6) is 0 Å². The number of nitrogens with zero attached hydrogens (tertiary/aromatic N) is 3. The summed E-state index contributed by atoms with van der Waals surface area (Å²) in [5.74, 6) is 6.20. The predicted octanol–water partition coefficient (Wildman–Crippen LogP) is 1.35. The van der Waals surface area contributed by atoms with Gasteiger partial charge in [-0.15, -0.1) is 0 Å². The van der Waals surface area contributed by atoms with Crippen LogP contribution in [0, 0.1) is 6.92 Å². The van der Waals surface area contributed by atoms with Crippen molar-refractivity contribution in [1.82, 2.24) is 9.97 Å². The topological polar surface area (TPSA) is 84.1 Å². The van der Waals surface area contributed by atoms with E-state index in [0.29, 0.717) is 22.9 Å². The van der Waals surface area contributed by atoms with Crippen LogP contribution in [0.25, 0.3) is 0 Å². The predicted molar refractivity (Wildman–Crippen MR) is 73.8 cm³/mol. The molecule has 0 aliphatic heterocycles. The molecule has 6 nitrogen and oxygen atoms in total. The molecular formula is C13H15N5O. The van der Waals surface area contributed by atoms with Gasteiger partial charge >= 0.3 is 0 Å². The Morgan fingerprint density at radius 2 is 2.16 bits per heavy atom. The number of hydrazine groups is 1. The maximum atomic E-state index is 12.4. The lowest BCUT2D eigenvalue weighted by Crippen LogP contribution is -2.27. The fourth-order valence-electron chi connectivity index (χ4n) is 1.72. The number of hydrogen-bond acceptors (Lipinski definition) is 5. The van der Waals surface area contributed by atoms with Gasteiger partial charge in [-0.05, 0) is 31.2 Å². The number of aromatic nitrogens is 2. The highest BCUT2D eigenvalue weighted by Gasteiger charge is 2.15. The summed E-state index contributed by atoms with van der Waals surface area (Å²) in [6, 6.07) is 8.72. The SMILES string of the molecule is Cc1cc(C(=O)N(C)c2ccccn2)cc(NN)n1. The van der Waals surface area contributed by atoms with E-state index in [9.17, 15) is 4.79 Å². The lowest BCUT2D eigenvalue weighted by Gasteiger charge is -2.16. The van der Waals surface area contributed by atoms with Gasteiger partial charge in [0.05, 0.1) is 0 Å². The van der Waals surface area contributed by atoms with Crippen molar-refractivity contribution in [1.29, 1.82) is 0 Å². The number of nitrogens with one attached hydrogen (secondary N) is 1. The van der Waals surface area contributed by atoms with Gasteiger partial charge < -0.3 is 5.43 Å². The van der Waals surface area contributed by atoms with Crippen LogP contribution < -0.4 is 16.2 Å². The van der Waals surface area contributed by atoms with Gasteiger partial charge in [0.25, 0.3) is 5.91 Å². The Kier molecular flexibility index (Phi) is 3.72. The van der Waals surface area contributed by atoms with Crippen molar-refractivity contribution < 1.29 is 4.79 Å². The molecule has 0 fully saturated rings. The molecule has 0 bridgehead atoms. The molecule has 1 amide bonds. The molecule has 2 rings (SSSR count). The molecule has 2 aromatic heterocycles. The maximum absolute atomic E-state index is 12.4. The van der Waals surface area contributed by atoms with Crippen LogP contribution >= 0.6 is 0 Å². The zero-order chi connectivity index (χ0) is 13.8. The van der Waals surface area contributed by atoms with E-state index in [1.54, 1.807) is 44.4 Å². The number of nitrogen functional groups attached to an aromatic ring is 1. The van der Waals surface area contributed by atoms with Gasteiger partial charge in [-0.3, -0.25) is 9.69 Å². The van der Waals surface area contributed by atoms with Crippen LogP contribution in [-0.2, 0) is 0 Å². The van der Waals surface area contributed by atoms with E-state index >= 15 is 0 Å². The largest absolute Gasteiger partial charge is 0.308 e. The molecule has 2 aromatic rings. The van der Waals surface area contributed by atoms with Gasteiger partial charge in [-0.2, -0.15) is 0 Å². The molecule has 19 heavy (non-hydrogen) atoms. The van der Waals surface area contributed by atoms with Crippen molar-refractivity contribution >= 4 is 17.5 Å². The molecule has 0 saturated carbocycles. The normalized spacial score (nSPS) is 10.1.